The second-order valence-corrected chi connectivity index (χ2v) is 3.76. The molecule has 1 nitrogen and oxygen atoms in total. The number of rotatable bonds is 2. The maximum absolute atomic E-state index is 12.3. The summed E-state index contributed by atoms with van der Waals surface area (Å²) in [5, 5.41) is 1.07. The molecule has 0 unspecified atom stereocenters. The summed E-state index contributed by atoms with van der Waals surface area (Å²) >= 11 is 5.85. The summed E-state index contributed by atoms with van der Waals surface area (Å²) in [6.45, 7) is -4.85. The van der Waals surface area contributed by atoms with Crippen LogP contribution in [0.4, 0.5) is 12.9 Å². The van der Waals surface area contributed by atoms with Gasteiger partial charge in [-0.25, -0.2) is 0 Å². The summed E-state index contributed by atoms with van der Waals surface area (Å²) in [5.74, 6) is 0. The number of halogens is 4. The van der Waals surface area contributed by atoms with Gasteiger partial charge in [0.05, 0.1) is 10.5 Å². The van der Waals surface area contributed by atoms with Gasteiger partial charge in [-0.1, -0.05) is 23.7 Å². The number of para-hydroxylation sites is 1. The zero-order chi connectivity index (χ0) is 11.1. The first kappa shape index (κ1) is 14.6. The number of hydrogen-bond acceptors (Lipinski definition) is 0. The second kappa shape index (κ2) is 5.46. The van der Waals surface area contributed by atoms with E-state index in [0.717, 1.165) is 9.95 Å². The number of fused-ring (bicyclic) bond motifs is 1. The zero-order valence-corrected chi connectivity index (χ0v) is 12.5. The van der Waals surface area contributed by atoms with Crippen LogP contribution in [0.15, 0.2) is 30.5 Å². The first-order valence-electron chi connectivity index (χ1n) is 4.42. The number of hydrogen-bond donors (Lipinski definition) is 0. The fourth-order valence-electron chi connectivity index (χ4n) is 1.59. The molecule has 1 aromatic carbocycles. The van der Waals surface area contributed by atoms with Crippen LogP contribution in [0, 0.1) is 0 Å². The summed E-state index contributed by atoms with van der Waals surface area (Å²) in [5.41, 5.74) is 0.443. The predicted octanol–water partition coefficient (Wildman–Crippen LogP) is 0.685. The summed E-state index contributed by atoms with van der Waals surface area (Å²) in [4.78, 5) is 0. The normalized spacial score (nSPS) is 11.5. The second-order valence-electron chi connectivity index (χ2n) is 3.36. The minimum absolute atomic E-state index is 0. The van der Waals surface area contributed by atoms with Gasteiger partial charge in [-0.05, 0) is 18.6 Å². The average molecular weight is 272 g/mol. The SMILES string of the molecule is F[B-](F)(F)Cn1ccc2cccc(Cl)c21.[K+]. The van der Waals surface area contributed by atoms with Gasteiger partial charge in [0, 0.05) is 11.6 Å². The van der Waals surface area contributed by atoms with Gasteiger partial charge < -0.3 is 17.5 Å². The van der Waals surface area contributed by atoms with Crippen molar-refractivity contribution in [2.24, 2.45) is 0 Å². The molecule has 7 heteroatoms. The molecule has 2 aromatic rings. The van der Waals surface area contributed by atoms with Crippen molar-refractivity contribution < 1.29 is 64.3 Å². The molecule has 0 N–H and O–H groups in total. The Balaban J connectivity index is 0.00000128. The average Bonchev–Trinajstić information content (AvgIpc) is 2.47. The molecular formula is C9H7BClF3KN. The van der Waals surface area contributed by atoms with Gasteiger partial charge in [-0.15, -0.1) is 0 Å². The van der Waals surface area contributed by atoms with Crippen LogP contribution in [0.1, 0.15) is 0 Å². The topological polar surface area (TPSA) is 4.93 Å². The van der Waals surface area contributed by atoms with Gasteiger partial charge >= 0.3 is 58.4 Å². The third kappa shape index (κ3) is 3.27. The van der Waals surface area contributed by atoms with Crippen LogP contribution in [0.2, 0.25) is 5.02 Å². The molecular weight excluding hydrogens is 264 g/mol. The maximum atomic E-state index is 12.3. The standard InChI is InChI=1S/C9H7BClF3N.K/c11-8-3-1-2-7-4-5-15(9(7)8)6-10(12,13)14;/h1-5H,6H2;/q-1;+1. The molecule has 0 aliphatic heterocycles. The monoisotopic (exact) mass is 271 g/mol. The van der Waals surface area contributed by atoms with Crippen molar-refractivity contribution in [3.8, 4) is 0 Å². The van der Waals surface area contributed by atoms with Crippen LogP contribution in [-0.4, -0.2) is 11.5 Å². The van der Waals surface area contributed by atoms with E-state index in [1.54, 1.807) is 24.3 Å². The van der Waals surface area contributed by atoms with Crippen molar-refractivity contribution in [2.45, 2.75) is 6.44 Å². The molecule has 0 saturated carbocycles. The molecule has 0 fully saturated rings. The fraction of sp³-hybridized carbons (Fsp3) is 0.111. The molecule has 1 aromatic heterocycles. The Morgan fingerprint density at radius 2 is 1.88 bits per heavy atom. The van der Waals surface area contributed by atoms with E-state index in [9.17, 15) is 12.9 Å². The Morgan fingerprint density at radius 1 is 1.19 bits per heavy atom. The molecule has 0 saturated heterocycles. The maximum Gasteiger partial charge on any atom is 1.00 e. The van der Waals surface area contributed by atoms with Gasteiger partial charge in [0.25, 0.3) is 0 Å². The Bertz CT molecular complexity index is 497. The molecule has 0 aliphatic rings. The first-order valence-corrected chi connectivity index (χ1v) is 4.79. The molecule has 2 rings (SSSR count). The summed E-state index contributed by atoms with van der Waals surface area (Å²) in [6.07, 6.45) is 0.457. The zero-order valence-electron chi connectivity index (χ0n) is 8.63. The van der Waals surface area contributed by atoms with Crippen LogP contribution in [0.3, 0.4) is 0 Å². The Kier molecular flexibility index (Phi) is 4.98. The van der Waals surface area contributed by atoms with Crippen molar-refractivity contribution in [3.63, 3.8) is 0 Å². The molecule has 1 heterocycles. The van der Waals surface area contributed by atoms with E-state index >= 15 is 0 Å². The molecule has 16 heavy (non-hydrogen) atoms. The van der Waals surface area contributed by atoms with Crippen LogP contribution in [0.5, 0.6) is 0 Å². The van der Waals surface area contributed by atoms with Gasteiger partial charge in [0.1, 0.15) is 0 Å². The molecule has 80 valence electrons. The van der Waals surface area contributed by atoms with E-state index in [2.05, 4.69) is 0 Å². The van der Waals surface area contributed by atoms with Crippen molar-refractivity contribution >= 4 is 29.5 Å². The third-order valence-corrected chi connectivity index (χ3v) is 2.45. The van der Waals surface area contributed by atoms with Crippen LogP contribution in [-0.2, 0) is 6.44 Å². The summed E-state index contributed by atoms with van der Waals surface area (Å²) in [7, 11) is 0. The van der Waals surface area contributed by atoms with E-state index < -0.39 is 13.4 Å². The molecule has 0 atom stereocenters. The van der Waals surface area contributed by atoms with E-state index in [1.807, 2.05) is 0 Å². The molecule has 0 bridgehead atoms. The third-order valence-electron chi connectivity index (χ3n) is 2.14. The van der Waals surface area contributed by atoms with Gasteiger partial charge in [-0.2, -0.15) is 0 Å². The number of aromatic nitrogens is 1. The predicted molar refractivity (Wildman–Crippen MR) is 56.0 cm³/mol. The largest absolute Gasteiger partial charge is 1.00 e. The van der Waals surface area contributed by atoms with Crippen LogP contribution in [0.25, 0.3) is 10.9 Å². The fourth-order valence-corrected chi connectivity index (χ4v) is 1.88. The molecule has 0 radical (unpaired) electrons. The van der Waals surface area contributed by atoms with Gasteiger partial charge in [-0.3, -0.25) is 0 Å². The minimum atomic E-state index is -4.85. The van der Waals surface area contributed by atoms with Gasteiger partial charge in [0.2, 0.25) is 0 Å². The Morgan fingerprint density at radius 3 is 2.50 bits per heavy atom. The Labute approximate surface area is 138 Å². The molecule has 0 aliphatic carbocycles. The number of nitrogens with zero attached hydrogens (tertiary/aromatic N) is 1. The molecule has 0 spiro atoms. The van der Waals surface area contributed by atoms with E-state index in [-0.39, 0.29) is 51.4 Å². The quantitative estimate of drug-likeness (QED) is 0.708. The van der Waals surface area contributed by atoms with Crippen molar-refractivity contribution in [2.75, 3.05) is 0 Å². The van der Waals surface area contributed by atoms with Crippen molar-refractivity contribution in [1.82, 2.24) is 4.57 Å². The van der Waals surface area contributed by atoms with Crippen LogP contribution < -0.4 is 51.4 Å². The minimum Gasteiger partial charge on any atom is -0.448 e. The van der Waals surface area contributed by atoms with Crippen molar-refractivity contribution in [3.05, 3.63) is 35.5 Å². The van der Waals surface area contributed by atoms with E-state index in [0.29, 0.717) is 10.5 Å². The van der Waals surface area contributed by atoms with Gasteiger partial charge in [0.15, 0.2) is 0 Å². The smallest absolute Gasteiger partial charge is 0.448 e. The van der Waals surface area contributed by atoms with Crippen LogP contribution >= 0.6 is 11.6 Å². The summed E-state index contributed by atoms with van der Waals surface area (Å²) in [6, 6.07) is 6.67. The summed E-state index contributed by atoms with van der Waals surface area (Å²) < 4.78 is 38.0. The van der Waals surface area contributed by atoms with Crippen molar-refractivity contribution in [1.29, 1.82) is 0 Å². The number of benzene rings is 1. The van der Waals surface area contributed by atoms with E-state index in [1.165, 1.54) is 6.20 Å². The molecule has 0 amide bonds. The Hall–Kier alpha value is 0.541. The van der Waals surface area contributed by atoms with E-state index in [4.69, 9.17) is 11.6 Å². The first-order chi connectivity index (χ1) is 6.97.